The van der Waals surface area contributed by atoms with Crippen molar-refractivity contribution in [3.05, 3.63) is 36.3 Å². The van der Waals surface area contributed by atoms with Crippen LogP contribution >= 0.6 is 0 Å². The maximum atomic E-state index is 5.27. The summed E-state index contributed by atoms with van der Waals surface area (Å²) in [5.74, 6) is 2.57. The highest BCUT2D eigenvalue weighted by Crippen LogP contribution is 2.02. The van der Waals surface area contributed by atoms with Crippen molar-refractivity contribution < 1.29 is 4.42 Å². The summed E-state index contributed by atoms with van der Waals surface area (Å²) < 4.78 is 7.24. The average Bonchev–Trinajstić information content (AvgIpc) is 2.95. The van der Waals surface area contributed by atoms with Gasteiger partial charge in [-0.25, -0.2) is 9.67 Å². The molecule has 0 aliphatic carbocycles. The molecule has 0 atom stereocenters. The van der Waals surface area contributed by atoms with Crippen LogP contribution in [-0.2, 0) is 19.5 Å². The summed E-state index contributed by atoms with van der Waals surface area (Å²) in [6, 6.07) is 3.90. The van der Waals surface area contributed by atoms with E-state index < -0.39 is 0 Å². The molecule has 0 radical (unpaired) electrons. The van der Waals surface area contributed by atoms with Crippen molar-refractivity contribution in [1.82, 2.24) is 20.1 Å². The molecule has 98 valence electrons. The summed E-state index contributed by atoms with van der Waals surface area (Å²) >= 11 is 0. The van der Waals surface area contributed by atoms with Crippen LogP contribution < -0.4 is 5.32 Å². The van der Waals surface area contributed by atoms with E-state index in [-0.39, 0.29) is 0 Å². The first-order valence-corrected chi connectivity index (χ1v) is 6.35. The van der Waals surface area contributed by atoms with Crippen LogP contribution in [0, 0.1) is 5.92 Å². The van der Waals surface area contributed by atoms with E-state index in [1.54, 1.807) is 12.6 Å². The van der Waals surface area contributed by atoms with Gasteiger partial charge in [-0.2, -0.15) is 5.10 Å². The lowest BCUT2D eigenvalue weighted by Gasteiger charge is -2.08. The standard InChI is InChI=1S/C13H20N4O/c1-11(2)9-17-13(15-10-16-17)8-14-6-5-12-4-3-7-18-12/h3-4,7,10-11,14H,5-6,8-9H2,1-2H3. The minimum Gasteiger partial charge on any atom is -0.469 e. The molecule has 5 nitrogen and oxygen atoms in total. The Labute approximate surface area is 107 Å². The molecule has 2 rings (SSSR count). The third-order valence-corrected chi connectivity index (χ3v) is 2.65. The van der Waals surface area contributed by atoms with Crippen LogP contribution in [-0.4, -0.2) is 21.3 Å². The Morgan fingerprint density at radius 1 is 1.44 bits per heavy atom. The summed E-state index contributed by atoms with van der Waals surface area (Å²) in [6.45, 7) is 6.89. The van der Waals surface area contributed by atoms with Crippen molar-refractivity contribution in [2.24, 2.45) is 5.92 Å². The van der Waals surface area contributed by atoms with Crippen molar-refractivity contribution >= 4 is 0 Å². The molecule has 2 aromatic heterocycles. The molecular weight excluding hydrogens is 228 g/mol. The van der Waals surface area contributed by atoms with Gasteiger partial charge >= 0.3 is 0 Å². The first-order valence-electron chi connectivity index (χ1n) is 6.35. The van der Waals surface area contributed by atoms with Crippen molar-refractivity contribution in [2.45, 2.75) is 33.4 Å². The number of furan rings is 1. The van der Waals surface area contributed by atoms with Gasteiger partial charge in [-0.15, -0.1) is 0 Å². The molecule has 0 fully saturated rings. The molecule has 2 heterocycles. The van der Waals surface area contributed by atoms with Gasteiger partial charge < -0.3 is 9.73 Å². The largest absolute Gasteiger partial charge is 0.469 e. The molecule has 0 aliphatic rings. The molecule has 0 aromatic carbocycles. The molecule has 0 spiro atoms. The Morgan fingerprint density at radius 3 is 3.06 bits per heavy atom. The van der Waals surface area contributed by atoms with Crippen LogP contribution in [0.3, 0.4) is 0 Å². The smallest absolute Gasteiger partial charge is 0.140 e. The first kappa shape index (κ1) is 12.8. The highest BCUT2D eigenvalue weighted by molar-refractivity contribution is 4.98. The number of nitrogens with one attached hydrogen (secondary N) is 1. The molecule has 0 bridgehead atoms. The Balaban J connectivity index is 1.74. The third kappa shape index (κ3) is 3.70. The SMILES string of the molecule is CC(C)Cn1ncnc1CNCCc1ccco1. The van der Waals surface area contributed by atoms with Crippen LogP contribution in [0.2, 0.25) is 0 Å². The normalized spacial score (nSPS) is 11.3. The fourth-order valence-electron chi connectivity index (χ4n) is 1.79. The quantitative estimate of drug-likeness (QED) is 0.760. The van der Waals surface area contributed by atoms with Crippen molar-refractivity contribution in [3.8, 4) is 0 Å². The van der Waals surface area contributed by atoms with E-state index in [4.69, 9.17) is 4.42 Å². The number of rotatable bonds is 7. The number of hydrogen-bond acceptors (Lipinski definition) is 4. The van der Waals surface area contributed by atoms with Crippen LogP contribution in [0.1, 0.15) is 25.4 Å². The maximum absolute atomic E-state index is 5.27. The molecule has 0 saturated carbocycles. The zero-order valence-electron chi connectivity index (χ0n) is 11.0. The van der Waals surface area contributed by atoms with Crippen molar-refractivity contribution in [2.75, 3.05) is 6.54 Å². The lowest BCUT2D eigenvalue weighted by molar-refractivity contribution is 0.454. The van der Waals surface area contributed by atoms with Crippen molar-refractivity contribution in [3.63, 3.8) is 0 Å². The predicted octanol–water partition coefficient (Wildman–Crippen LogP) is 1.86. The Kier molecular flexibility index (Phi) is 4.52. The molecule has 5 heteroatoms. The Morgan fingerprint density at radius 2 is 2.33 bits per heavy atom. The van der Waals surface area contributed by atoms with E-state index in [9.17, 15) is 0 Å². The third-order valence-electron chi connectivity index (χ3n) is 2.65. The van der Waals surface area contributed by atoms with Gasteiger partial charge in [0.2, 0.25) is 0 Å². The summed E-state index contributed by atoms with van der Waals surface area (Å²) in [5, 5.41) is 7.59. The fraction of sp³-hybridized carbons (Fsp3) is 0.538. The van der Waals surface area contributed by atoms with Crippen LogP contribution in [0.25, 0.3) is 0 Å². The first-order chi connectivity index (χ1) is 8.75. The topological polar surface area (TPSA) is 55.9 Å². The lowest BCUT2D eigenvalue weighted by atomic mass is 10.2. The minimum atomic E-state index is 0.577. The summed E-state index contributed by atoms with van der Waals surface area (Å²) in [4.78, 5) is 4.27. The second kappa shape index (κ2) is 6.35. The molecule has 0 amide bonds. The highest BCUT2D eigenvalue weighted by Gasteiger charge is 2.05. The maximum Gasteiger partial charge on any atom is 0.140 e. The van der Waals surface area contributed by atoms with Crippen molar-refractivity contribution in [1.29, 1.82) is 0 Å². The zero-order valence-corrected chi connectivity index (χ0v) is 11.0. The Hall–Kier alpha value is -1.62. The number of hydrogen-bond donors (Lipinski definition) is 1. The second-order valence-corrected chi connectivity index (χ2v) is 4.76. The van der Waals surface area contributed by atoms with E-state index in [0.717, 1.165) is 37.6 Å². The molecule has 2 aromatic rings. The van der Waals surface area contributed by atoms with Crippen LogP contribution in [0.15, 0.2) is 29.1 Å². The molecule has 0 unspecified atom stereocenters. The van der Waals surface area contributed by atoms with Gasteiger partial charge in [0, 0.05) is 19.5 Å². The summed E-state index contributed by atoms with van der Waals surface area (Å²) in [7, 11) is 0. The fourth-order valence-corrected chi connectivity index (χ4v) is 1.79. The van der Waals surface area contributed by atoms with Gasteiger partial charge in [-0.05, 0) is 18.1 Å². The minimum absolute atomic E-state index is 0.577. The Bertz CT molecular complexity index is 447. The van der Waals surface area contributed by atoms with Gasteiger partial charge in [0.15, 0.2) is 0 Å². The molecule has 18 heavy (non-hydrogen) atoms. The number of aromatic nitrogens is 3. The van der Waals surface area contributed by atoms with E-state index in [1.165, 1.54) is 0 Å². The van der Waals surface area contributed by atoms with E-state index in [2.05, 4.69) is 29.2 Å². The van der Waals surface area contributed by atoms with Gasteiger partial charge in [-0.3, -0.25) is 0 Å². The zero-order chi connectivity index (χ0) is 12.8. The highest BCUT2D eigenvalue weighted by atomic mass is 16.3. The van der Waals surface area contributed by atoms with E-state index in [0.29, 0.717) is 5.92 Å². The van der Waals surface area contributed by atoms with Gasteiger partial charge in [0.25, 0.3) is 0 Å². The summed E-state index contributed by atoms with van der Waals surface area (Å²) in [5.41, 5.74) is 0. The monoisotopic (exact) mass is 248 g/mol. The van der Waals surface area contributed by atoms with Gasteiger partial charge in [-0.1, -0.05) is 13.8 Å². The van der Waals surface area contributed by atoms with Crippen LogP contribution in [0.5, 0.6) is 0 Å². The molecule has 0 aliphatic heterocycles. The molecule has 0 saturated heterocycles. The summed E-state index contributed by atoms with van der Waals surface area (Å²) in [6.07, 6.45) is 4.21. The average molecular weight is 248 g/mol. The lowest BCUT2D eigenvalue weighted by Crippen LogP contribution is -2.21. The van der Waals surface area contributed by atoms with E-state index in [1.807, 2.05) is 16.8 Å². The van der Waals surface area contributed by atoms with Gasteiger partial charge in [0.1, 0.15) is 17.9 Å². The number of nitrogens with zero attached hydrogens (tertiary/aromatic N) is 3. The molecular formula is C13H20N4O. The second-order valence-electron chi connectivity index (χ2n) is 4.76. The molecule has 1 N–H and O–H groups in total. The van der Waals surface area contributed by atoms with E-state index >= 15 is 0 Å². The van der Waals surface area contributed by atoms with Crippen LogP contribution in [0.4, 0.5) is 0 Å². The van der Waals surface area contributed by atoms with Gasteiger partial charge in [0.05, 0.1) is 12.8 Å². The predicted molar refractivity (Wildman–Crippen MR) is 69.0 cm³/mol.